The summed E-state index contributed by atoms with van der Waals surface area (Å²) in [6.45, 7) is 3.12. The predicted molar refractivity (Wildman–Crippen MR) is 83.2 cm³/mol. The largest absolute Gasteiger partial charge is 0.508 e. The van der Waals surface area contributed by atoms with Crippen LogP contribution >= 0.6 is 0 Å². The summed E-state index contributed by atoms with van der Waals surface area (Å²) in [6, 6.07) is 7.17. The van der Waals surface area contributed by atoms with Crippen LogP contribution in [0.2, 0.25) is 0 Å². The molecule has 2 aliphatic rings. The van der Waals surface area contributed by atoms with Crippen LogP contribution in [-0.4, -0.2) is 23.7 Å². The van der Waals surface area contributed by atoms with E-state index in [0.29, 0.717) is 17.8 Å². The molecule has 110 valence electrons. The first-order valence-corrected chi connectivity index (χ1v) is 8.03. The molecule has 1 aliphatic heterocycles. The molecule has 0 radical (unpaired) electrons. The number of benzene rings is 1. The lowest BCUT2D eigenvalue weighted by molar-refractivity contribution is 0.262. The first kappa shape index (κ1) is 13.7. The second kappa shape index (κ2) is 6.04. The Morgan fingerprint density at radius 1 is 1.15 bits per heavy atom. The molecule has 1 aromatic carbocycles. The lowest BCUT2D eigenvalue weighted by Crippen LogP contribution is -2.43. The molecule has 0 aromatic heterocycles. The Hall–Kier alpha value is -1.22. The van der Waals surface area contributed by atoms with Gasteiger partial charge in [-0.15, -0.1) is 0 Å². The maximum atomic E-state index is 9.85. The molecule has 3 atom stereocenters. The van der Waals surface area contributed by atoms with Gasteiger partial charge in [-0.05, 0) is 56.7 Å². The van der Waals surface area contributed by atoms with Crippen LogP contribution in [0.4, 0.5) is 5.69 Å². The van der Waals surface area contributed by atoms with Gasteiger partial charge < -0.3 is 15.7 Å². The van der Waals surface area contributed by atoms with Gasteiger partial charge in [0.25, 0.3) is 0 Å². The van der Waals surface area contributed by atoms with Crippen LogP contribution in [0.1, 0.15) is 44.1 Å². The first-order valence-electron chi connectivity index (χ1n) is 8.03. The molecule has 0 amide bonds. The van der Waals surface area contributed by atoms with Crippen LogP contribution < -0.4 is 10.6 Å². The third-order valence-corrected chi connectivity index (χ3v) is 5.00. The van der Waals surface area contributed by atoms with Crippen LogP contribution in [-0.2, 0) is 0 Å². The van der Waals surface area contributed by atoms with E-state index < -0.39 is 0 Å². The highest BCUT2D eigenvalue weighted by Crippen LogP contribution is 2.33. The SMILES string of the molecule is Cc1ccc(NC2CCCCC2C2CCCN2)cc1O. The Bertz CT molecular complexity index is 454. The summed E-state index contributed by atoms with van der Waals surface area (Å²) < 4.78 is 0. The van der Waals surface area contributed by atoms with Crippen LogP contribution in [0.15, 0.2) is 18.2 Å². The standard InChI is InChI=1S/C17H26N2O/c1-12-8-9-13(11-17(12)20)19-16-6-3-2-5-14(16)15-7-4-10-18-15/h8-9,11,14-16,18-20H,2-7,10H2,1H3. The number of phenolic OH excluding ortho intramolecular Hbond substituents is 1. The third kappa shape index (κ3) is 2.93. The van der Waals surface area contributed by atoms with Crippen molar-refractivity contribution in [2.45, 2.75) is 57.5 Å². The number of aromatic hydroxyl groups is 1. The molecule has 3 rings (SSSR count). The highest BCUT2D eigenvalue weighted by molar-refractivity contribution is 5.51. The van der Waals surface area contributed by atoms with Crippen LogP contribution in [0.3, 0.4) is 0 Å². The van der Waals surface area contributed by atoms with Crippen LogP contribution in [0, 0.1) is 12.8 Å². The number of aryl methyl sites for hydroxylation is 1. The zero-order valence-corrected chi connectivity index (χ0v) is 12.4. The summed E-state index contributed by atoms with van der Waals surface area (Å²) in [5.74, 6) is 1.12. The molecule has 0 bridgehead atoms. The second-order valence-corrected chi connectivity index (χ2v) is 6.40. The Morgan fingerprint density at radius 3 is 2.75 bits per heavy atom. The van der Waals surface area contributed by atoms with E-state index in [1.165, 1.54) is 45.1 Å². The number of hydrogen-bond donors (Lipinski definition) is 3. The molecular weight excluding hydrogens is 248 g/mol. The average molecular weight is 274 g/mol. The summed E-state index contributed by atoms with van der Waals surface area (Å²) in [6.07, 6.45) is 7.89. The molecule has 3 N–H and O–H groups in total. The number of anilines is 1. The highest BCUT2D eigenvalue weighted by atomic mass is 16.3. The van der Waals surface area contributed by atoms with Crippen molar-refractivity contribution < 1.29 is 5.11 Å². The number of hydrogen-bond acceptors (Lipinski definition) is 3. The first-order chi connectivity index (χ1) is 9.74. The van der Waals surface area contributed by atoms with E-state index in [4.69, 9.17) is 0 Å². The van der Waals surface area contributed by atoms with E-state index in [0.717, 1.165) is 17.2 Å². The fraction of sp³-hybridized carbons (Fsp3) is 0.647. The van der Waals surface area contributed by atoms with Gasteiger partial charge in [0.05, 0.1) is 0 Å². The van der Waals surface area contributed by atoms with Crippen molar-refractivity contribution in [3.05, 3.63) is 23.8 Å². The second-order valence-electron chi connectivity index (χ2n) is 6.40. The van der Waals surface area contributed by atoms with Crippen molar-refractivity contribution >= 4 is 5.69 Å². The average Bonchev–Trinajstić information content (AvgIpc) is 2.97. The monoisotopic (exact) mass is 274 g/mol. The minimum absolute atomic E-state index is 0.390. The van der Waals surface area contributed by atoms with Gasteiger partial charge in [-0.25, -0.2) is 0 Å². The number of phenols is 1. The van der Waals surface area contributed by atoms with Gasteiger partial charge in [0.15, 0.2) is 0 Å². The van der Waals surface area contributed by atoms with Gasteiger partial charge in [0.2, 0.25) is 0 Å². The van der Waals surface area contributed by atoms with Gasteiger partial charge in [0.1, 0.15) is 5.75 Å². The number of rotatable bonds is 3. The molecule has 3 nitrogen and oxygen atoms in total. The zero-order valence-electron chi connectivity index (χ0n) is 12.4. The van der Waals surface area contributed by atoms with Crippen molar-refractivity contribution in [3.63, 3.8) is 0 Å². The summed E-state index contributed by atoms with van der Waals surface area (Å²) in [5.41, 5.74) is 2.00. The van der Waals surface area contributed by atoms with Gasteiger partial charge in [-0.1, -0.05) is 18.9 Å². The lowest BCUT2D eigenvalue weighted by Gasteiger charge is -2.36. The normalized spacial score (nSPS) is 30.4. The van der Waals surface area contributed by atoms with Gasteiger partial charge in [-0.3, -0.25) is 0 Å². The summed E-state index contributed by atoms with van der Waals surface area (Å²) >= 11 is 0. The van der Waals surface area contributed by atoms with Crippen molar-refractivity contribution in [3.8, 4) is 5.75 Å². The smallest absolute Gasteiger partial charge is 0.120 e. The Balaban J connectivity index is 1.71. The fourth-order valence-corrected chi connectivity index (χ4v) is 3.81. The quantitative estimate of drug-likeness (QED) is 0.791. The molecule has 1 saturated carbocycles. The predicted octanol–water partition coefficient (Wildman–Crippen LogP) is 3.42. The highest BCUT2D eigenvalue weighted by Gasteiger charge is 2.33. The molecule has 20 heavy (non-hydrogen) atoms. The van der Waals surface area contributed by atoms with Crippen molar-refractivity contribution in [1.82, 2.24) is 5.32 Å². The van der Waals surface area contributed by atoms with Crippen molar-refractivity contribution in [2.24, 2.45) is 5.92 Å². The van der Waals surface area contributed by atoms with Crippen molar-refractivity contribution in [1.29, 1.82) is 0 Å². The minimum atomic E-state index is 0.390. The van der Waals surface area contributed by atoms with E-state index >= 15 is 0 Å². The molecule has 1 heterocycles. The Morgan fingerprint density at radius 2 is 2.00 bits per heavy atom. The molecule has 3 heteroatoms. The molecule has 0 spiro atoms. The summed E-state index contributed by atoms with van der Waals surface area (Å²) in [7, 11) is 0. The fourth-order valence-electron chi connectivity index (χ4n) is 3.81. The molecule has 3 unspecified atom stereocenters. The topological polar surface area (TPSA) is 44.3 Å². The molecule has 1 aromatic rings. The zero-order chi connectivity index (χ0) is 13.9. The summed E-state index contributed by atoms with van der Waals surface area (Å²) in [5, 5.41) is 17.2. The van der Waals surface area contributed by atoms with Crippen LogP contribution in [0.5, 0.6) is 5.75 Å². The Kier molecular flexibility index (Phi) is 4.16. The maximum absolute atomic E-state index is 9.85. The van der Waals surface area contributed by atoms with E-state index in [-0.39, 0.29) is 0 Å². The molecular formula is C17H26N2O. The maximum Gasteiger partial charge on any atom is 0.120 e. The van der Waals surface area contributed by atoms with E-state index in [9.17, 15) is 5.11 Å². The molecule has 1 aliphatic carbocycles. The lowest BCUT2D eigenvalue weighted by atomic mass is 9.79. The summed E-state index contributed by atoms with van der Waals surface area (Å²) in [4.78, 5) is 0. The van der Waals surface area contributed by atoms with Gasteiger partial charge in [-0.2, -0.15) is 0 Å². The van der Waals surface area contributed by atoms with Gasteiger partial charge >= 0.3 is 0 Å². The third-order valence-electron chi connectivity index (χ3n) is 5.00. The van der Waals surface area contributed by atoms with E-state index in [2.05, 4.69) is 16.7 Å². The minimum Gasteiger partial charge on any atom is -0.508 e. The van der Waals surface area contributed by atoms with Gasteiger partial charge in [0, 0.05) is 23.8 Å². The van der Waals surface area contributed by atoms with E-state index in [1.807, 2.05) is 19.1 Å². The van der Waals surface area contributed by atoms with Crippen molar-refractivity contribution in [2.75, 3.05) is 11.9 Å². The molecule has 1 saturated heterocycles. The number of nitrogens with one attached hydrogen (secondary N) is 2. The molecule has 2 fully saturated rings. The Labute approximate surface area is 121 Å². The van der Waals surface area contributed by atoms with Crippen LogP contribution in [0.25, 0.3) is 0 Å². The van der Waals surface area contributed by atoms with E-state index in [1.54, 1.807) is 0 Å².